The number of benzene rings is 1. The molecule has 0 amide bonds. The lowest BCUT2D eigenvalue weighted by molar-refractivity contribution is 0.391. The SMILES string of the molecule is CN(C)CCCCCc1ccc(N)cc1. The first kappa shape index (κ1) is 12.1. The number of aryl methyl sites for hydroxylation is 1. The fraction of sp³-hybridized carbons (Fsp3) is 0.538. The summed E-state index contributed by atoms with van der Waals surface area (Å²) in [5, 5.41) is 0. The van der Waals surface area contributed by atoms with Crippen molar-refractivity contribution in [2.45, 2.75) is 25.7 Å². The molecule has 0 unspecified atom stereocenters. The van der Waals surface area contributed by atoms with E-state index in [0.29, 0.717) is 0 Å². The molecule has 0 saturated heterocycles. The Hall–Kier alpha value is -1.02. The van der Waals surface area contributed by atoms with Gasteiger partial charge >= 0.3 is 0 Å². The van der Waals surface area contributed by atoms with Gasteiger partial charge in [0.2, 0.25) is 0 Å². The van der Waals surface area contributed by atoms with Crippen LogP contribution in [-0.2, 0) is 6.42 Å². The molecule has 2 nitrogen and oxygen atoms in total. The van der Waals surface area contributed by atoms with E-state index in [0.717, 1.165) is 5.69 Å². The maximum absolute atomic E-state index is 5.63. The number of nitrogens with two attached hydrogens (primary N) is 1. The third-order valence-electron chi connectivity index (χ3n) is 2.55. The minimum absolute atomic E-state index is 0.853. The lowest BCUT2D eigenvalue weighted by atomic mass is 10.1. The molecule has 0 heterocycles. The van der Waals surface area contributed by atoms with Crippen LogP contribution in [0.1, 0.15) is 24.8 Å². The summed E-state index contributed by atoms with van der Waals surface area (Å²) in [5.74, 6) is 0. The van der Waals surface area contributed by atoms with Gasteiger partial charge < -0.3 is 10.6 Å². The van der Waals surface area contributed by atoms with Crippen LogP contribution < -0.4 is 5.73 Å². The van der Waals surface area contributed by atoms with Gasteiger partial charge in [0, 0.05) is 5.69 Å². The zero-order valence-electron chi connectivity index (χ0n) is 9.87. The maximum atomic E-state index is 5.63. The molecular weight excluding hydrogens is 184 g/mol. The summed E-state index contributed by atoms with van der Waals surface area (Å²) in [5.41, 5.74) is 7.88. The van der Waals surface area contributed by atoms with Gasteiger partial charge in [0.15, 0.2) is 0 Å². The van der Waals surface area contributed by atoms with Crippen LogP contribution in [0.25, 0.3) is 0 Å². The number of nitrogens with zero attached hydrogens (tertiary/aromatic N) is 1. The Balaban J connectivity index is 2.12. The normalized spacial score (nSPS) is 10.9. The minimum Gasteiger partial charge on any atom is -0.399 e. The summed E-state index contributed by atoms with van der Waals surface area (Å²) in [6, 6.07) is 8.22. The molecule has 1 rings (SSSR count). The standard InChI is InChI=1S/C13H22N2/c1-15(2)11-5-3-4-6-12-7-9-13(14)10-8-12/h7-10H,3-6,11,14H2,1-2H3. The van der Waals surface area contributed by atoms with Crippen LogP contribution in [0.2, 0.25) is 0 Å². The van der Waals surface area contributed by atoms with E-state index in [1.807, 2.05) is 12.1 Å². The predicted molar refractivity (Wildman–Crippen MR) is 67.0 cm³/mol. The van der Waals surface area contributed by atoms with Gasteiger partial charge in [0.1, 0.15) is 0 Å². The second kappa shape index (κ2) is 6.46. The first-order valence-corrected chi connectivity index (χ1v) is 5.67. The van der Waals surface area contributed by atoms with Crippen molar-refractivity contribution in [3.8, 4) is 0 Å². The molecule has 0 spiro atoms. The van der Waals surface area contributed by atoms with Gasteiger partial charge in [-0.25, -0.2) is 0 Å². The quantitative estimate of drug-likeness (QED) is 0.572. The molecule has 84 valence electrons. The Kier molecular flexibility index (Phi) is 5.19. The van der Waals surface area contributed by atoms with E-state index < -0.39 is 0 Å². The van der Waals surface area contributed by atoms with Crippen molar-refractivity contribution in [2.24, 2.45) is 0 Å². The van der Waals surface area contributed by atoms with Crippen molar-refractivity contribution < 1.29 is 0 Å². The fourth-order valence-electron chi connectivity index (χ4n) is 1.62. The topological polar surface area (TPSA) is 29.3 Å². The molecule has 0 aromatic heterocycles. The van der Waals surface area contributed by atoms with Gasteiger partial charge in [-0.2, -0.15) is 0 Å². The number of nitrogen functional groups attached to an aromatic ring is 1. The van der Waals surface area contributed by atoms with Crippen LogP contribution in [0.3, 0.4) is 0 Å². The van der Waals surface area contributed by atoms with Crippen LogP contribution in [-0.4, -0.2) is 25.5 Å². The zero-order valence-corrected chi connectivity index (χ0v) is 9.87. The van der Waals surface area contributed by atoms with Crippen LogP contribution >= 0.6 is 0 Å². The van der Waals surface area contributed by atoms with Crippen molar-refractivity contribution in [2.75, 3.05) is 26.4 Å². The largest absolute Gasteiger partial charge is 0.399 e. The maximum Gasteiger partial charge on any atom is 0.0314 e. The second-order valence-electron chi connectivity index (χ2n) is 4.36. The Bertz CT molecular complexity index is 264. The van der Waals surface area contributed by atoms with Gasteiger partial charge in [0.05, 0.1) is 0 Å². The fourth-order valence-corrected chi connectivity index (χ4v) is 1.62. The molecule has 0 aliphatic heterocycles. The Morgan fingerprint density at radius 3 is 2.27 bits per heavy atom. The van der Waals surface area contributed by atoms with E-state index in [2.05, 4.69) is 31.1 Å². The van der Waals surface area contributed by atoms with Gasteiger partial charge in [-0.1, -0.05) is 18.6 Å². The first-order chi connectivity index (χ1) is 7.18. The van der Waals surface area contributed by atoms with E-state index in [4.69, 9.17) is 5.73 Å². The molecule has 0 atom stereocenters. The summed E-state index contributed by atoms with van der Waals surface area (Å²) >= 11 is 0. The molecular formula is C13H22N2. The molecule has 0 fully saturated rings. The van der Waals surface area contributed by atoms with E-state index in [1.165, 1.54) is 37.8 Å². The van der Waals surface area contributed by atoms with Crippen LogP contribution in [0, 0.1) is 0 Å². The Morgan fingerprint density at radius 2 is 1.67 bits per heavy atom. The van der Waals surface area contributed by atoms with Crippen LogP contribution in [0.5, 0.6) is 0 Å². The molecule has 0 aliphatic rings. The van der Waals surface area contributed by atoms with Gasteiger partial charge in [-0.05, 0) is 57.6 Å². The summed E-state index contributed by atoms with van der Waals surface area (Å²) in [7, 11) is 4.25. The number of anilines is 1. The summed E-state index contributed by atoms with van der Waals surface area (Å²) in [4.78, 5) is 2.24. The highest BCUT2D eigenvalue weighted by Crippen LogP contribution is 2.09. The van der Waals surface area contributed by atoms with Crippen molar-refractivity contribution in [1.82, 2.24) is 4.90 Å². The van der Waals surface area contributed by atoms with Crippen molar-refractivity contribution in [1.29, 1.82) is 0 Å². The van der Waals surface area contributed by atoms with Gasteiger partial charge in [-0.3, -0.25) is 0 Å². The summed E-state index contributed by atoms with van der Waals surface area (Å²) in [6.45, 7) is 1.20. The Labute approximate surface area is 93.1 Å². The third-order valence-corrected chi connectivity index (χ3v) is 2.55. The van der Waals surface area contributed by atoms with E-state index >= 15 is 0 Å². The van der Waals surface area contributed by atoms with Gasteiger partial charge in [-0.15, -0.1) is 0 Å². The molecule has 1 aromatic carbocycles. The van der Waals surface area contributed by atoms with E-state index in [-0.39, 0.29) is 0 Å². The number of hydrogen-bond acceptors (Lipinski definition) is 2. The number of hydrogen-bond donors (Lipinski definition) is 1. The lowest BCUT2D eigenvalue weighted by Crippen LogP contribution is -2.12. The number of rotatable bonds is 6. The predicted octanol–water partition coefficient (Wildman–Crippen LogP) is 2.54. The highest BCUT2D eigenvalue weighted by atomic mass is 15.0. The highest BCUT2D eigenvalue weighted by Gasteiger charge is 1.94. The monoisotopic (exact) mass is 206 g/mol. The molecule has 0 aliphatic carbocycles. The second-order valence-corrected chi connectivity index (χ2v) is 4.36. The molecule has 0 saturated carbocycles. The lowest BCUT2D eigenvalue weighted by Gasteiger charge is -2.08. The summed E-state index contributed by atoms with van der Waals surface area (Å²) in [6.07, 6.45) is 5.05. The van der Waals surface area contributed by atoms with Crippen LogP contribution in [0.15, 0.2) is 24.3 Å². The van der Waals surface area contributed by atoms with E-state index in [9.17, 15) is 0 Å². The average molecular weight is 206 g/mol. The molecule has 2 N–H and O–H groups in total. The highest BCUT2D eigenvalue weighted by molar-refractivity contribution is 5.39. The third kappa shape index (κ3) is 5.43. The molecule has 0 radical (unpaired) electrons. The molecule has 1 aromatic rings. The first-order valence-electron chi connectivity index (χ1n) is 5.67. The van der Waals surface area contributed by atoms with Crippen molar-refractivity contribution in [3.63, 3.8) is 0 Å². The van der Waals surface area contributed by atoms with Crippen LogP contribution in [0.4, 0.5) is 5.69 Å². The van der Waals surface area contributed by atoms with Crippen molar-refractivity contribution >= 4 is 5.69 Å². The van der Waals surface area contributed by atoms with E-state index in [1.54, 1.807) is 0 Å². The average Bonchev–Trinajstić information content (AvgIpc) is 2.20. The Morgan fingerprint density at radius 1 is 1.00 bits per heavy atom. The number of unbranched alkanes of at least 4 members (excludes halogenated alkanes) is 2. The minimum atomic E-state index is 0.853. The van der Waals surface area contributed by atoms with Crippen molar-refractivity contribution in [3.05, 3.63) is 29.8 Å². The molecule has 0 bridgehead atoms. The smallest absolute Gasteiger partial charge is 0.0314 e. The van der Waals surface area contributed by atoms with Gasteiger partial charge in [0.25, 0.3) is 0 Å². The molecule has 15 heavy (non-hydrogen) atoms. The zero-order chi connectivity index (χ0) is 11.1. The molecule has 2 heteroatoms. The summed E-state index contributed by atoms with van der Waals surface area (Å²) < 4.78 is 0.